The number of carbonyl (C=O) groups is 3. The number of pyridine rings is 1. The molecule has 0 spiro atoms. The van der Waals surface area contributed by atoms with Crippen LogP contribution in [0.1, 0.15) is 137 Å². The van der Waals surface area contributed by atoms with Crippen LogP contribution in [0, 0.1) is 23.7 Å². The minimum absolute atomic E-state index is 0.0243. The molecule has 1 aromatic heterocycles. The number of hydrogen-bond acceptors (Lipinski definition) is 21. The first-order valence-corrected chi connectivity index (χ1v) is 29.0. The summed E-state index contributed by atoms with van der Waals surface area (Å²) in [5.74, 6) is -5.76. The highest BCUT2D eigenvalue weighted by Crippen LogP contribution is 2.42. The van der Waals surface area contributed by atoms with E-state index in [1.54, 1.807) is 66.0 Å². The van der Waals surface area contributed by atoms with E-state index in [1.165, 1.54) is 27.3 Å². The summed E-state index contributed by atoms with van der Waals surface area (Å²) in [5.41, 5.74) is -4.29. The van der Waals surface area contributed by atoms with Crippen molar-refractivity contribution in [3.05, 3.63) is 45.2 Å². The van der Waals surface area contributed by atoms with E-state index in [2.05, 4.69) is 10.5 Å². The van der Waals surface area contributed by atoms with Crippen molar-refractivity contribution in [2.24, 2.45) is 28.8 Å². The van der Waals surface area contributed by atoms with E-state index in [-0.39, 0.29) is 69.2 Å². The van der Waals surface area contributed by atoms with Crippen molar-refractivity contribution >= 4 is 34.6 Å². The van der Waals surface area contributed by atoms with Gasteiger partial charge >= 0.3 is 18.0 Å². The summed E-state index contributed by atoms with van der Waals surface area (Å²) in [4.78, 5) is 60.8. The Balaban J connectivity index is 1.18. The summed E-state index contributed by atoms with van der Waals surface area (Å²) < 4.78 is 63.4. The molecule has 5 heterocycles. The van der Waals surface area contributed by atoms with E-state index in [4.69, 9.17) is 52.2 Å². The molecule has 6 N–H and O–H groups in total. The number of benzene rings is 1. The molecular formula is C59H94N4O20. The topological polar surface area (TPSA) is 304 Å². The molecule has 0 bridgehead atoms. The molecule has 1 amide bonds. The molecule has 0 aliphatic carbocycles. The smallest absolute Gasteiger partial charge is 0.407 e. The van der Waals surface area contributed by atoms with Gasteiger partial charge < -0.3 is 92.5 Å². The molecule has 83 heavy (non-hydrogen) atoms. The van der Waals surface area contributed by atoms with Gasteiger partial charge in [-0.2, -0.15) is 0 Å². The Kier molecular flexibility index (Phi) is 22.8. The number of carbonyl (C=O) groups excluding carboxylic acids is 2. The number of rotatable bonds is 19. The SMILES string of the molecule is CC[C@H]1OC(=O)[C@H](C)[C@@H](O[C@H]2C[C@@](C)(OC)[C@@H](OC(=O)NCCOCCCc3cc4c5c(c3)c(=O)c(C(=O)O)cn5C(C)(C)OC4)[C@H](C)O2)[C@H](C)[C@@H](OC2O[C@H](C)C[C@H](N(C)C)[C@H]2O)[C@](C)(O)C[C@@H](C)/C(=N\OCOC)[C@H](C)[C@@H](O)[C@]1(C)O. The molecule has 3 saturated heterocycles. The second-order valence-corrected chi connectivity index (χ2v) is 24.6. The number of alkyl carbamates (subject to hydrolysis) is 1. The van der Waals surface area contributed by atoms with E-state index in [0.717, 1.165) is 11.1 Å². The van der Waals surface area contributed by atoms with E-state index in [1.807, 2.05) is 45.8 Å². The van der Waals surface area contributed by atoms with Gasteiger partial charge in [-0.15, -0.1) is 0 Å². The maximum absolute atomic E-state index is 14.7. The summed E-state index contributed by atoms with van der Waals surface area (Å²) in [6.45, 7) is 21.0. The van der Waals surface area contributed by atoms with Crippen LogP contribution in [0.25, 0.3) is 10.9 Å². The highest BCUT2D eigenvalue weighted by molar-refractivity contribution is 5.94. The monoisotopic (exact) mass is 1180 g/mol. The van der Waals surface area contributed by atoms with Crippen LogP contribution in [0.15, 0.2) is 28.3 Å². The molecule has 24 nitrogen and oxygen atoms in total. The van der Waals surface area contributed by atoms with Crippen molar-refractivity contribution in [3.63, 3.8) is 0 Å². The predicted octanol–water partition coefficient (Wildman–Crippen LogP) is 4.81. The molecule has 470 valence electrons. The zero-order valence-corrected chi connectivity index (χ0v) is 51.4. The van der Waals surface area contributed by atoms with Crippen LogP contribution >= 0.6 is 0 Å². The summed E-state index contributed by atoms with van der Waals surface area (Å²) >= 11 is 0. The molecular weight excluding hydrogens is 1080 g/mol. The lowest BCUT2D eigenvalue weighted by atomic mass is 9.73. The number of aliphatic hydroxyl groups is 4. The van der Waals surface area contributed by atoms with Crippen LogP contribution in [0.2, 0.25) is 0 Å². The number of methoxy groups -OCH3 is 2. The number of carboxylic acid groups (broad SMARTS) is 1. The second-order valence-electron chi connectivity index (χ2n) is 24.6. The van der Waals surface area contributed by atoms with Crippen molar-refractivity contribution in [2.45, 2.75) is 218 Å². The van der Waals surface area contributed by atoms with Crippen LogP contribution < -0.4 is 10.7 Å². The molecule has 6 rings (SSSR count). The van der Waals surface area contributed by atoms with Crippen LogP contribution in [0.4, 0.5) is 4.79 Å². The quantitative estimate of drug-likeness (QED) is 0.0476. The molecule has 1 aromatic carbocycles. The highest BCUT2D eigenvalue weighted by Gasteiger charge is 2.54. The summed E-state index contributed by atoms with van der Waals surface area (Å²) in [5, 5.41) is 66.0. The lowest BCUT2D eigenvalue weighted by Crippen LogP contribution is -2.61. The van der Waals surface area contributed by atoms with E-state index < -0.39 is 125 Å². The van der Waals surface area contributed by atoms with Gasteiger partial charge in [0.25, 0.3) is 0 Å². The Labute approximate surface area is 487 Å². The molecule has 4 aliphatic rings. The van der Waals surface area contributed by atoms with Crippen molar-refractivity contribution < 1.29 is 92.1 Å². The van der Waals surface area contributed by atoms with Crippen LogP contribution in [0.5, 0.6) is 0 Å². The van der Waals surface area contributed by atoms with Gasteiger partial charge in [-0.25, -0.2) is 9.59 Å². The summed E-state index contributed by atoms with van der Waals surface area (Å²) in [6, 6.07) is 3.31. The van der Waals surface area contributed by atoms with Gasteiger partial charge in [0.1, 0.15) is 34.7 Å². The van der Waals surface area contributed by atoms with Crippen molar-refractivity contribution in [3.8, 4) is 0 Å². The third-order valence-electron chi connectivity index (χ3n) is 17.3. The molecule has 0 radical (unpaired) electrons. The number of aromatic carboxylic acids is 1. The number of esters is 1. The summed E-state index contributed by atoms with van der Waals surface area (Å²) in [7, 11) is 6.58. The maximum Gasteiger partial charge on any atom is 0.407 e. The summed E-state index contributed by atoms with van der Waals surface area (Å²) in [6.07, 6.45) is -8.81. The van der Waals surface area contributed by atoms with Crippen molar-refractivity contribution in [1.29, 1.82) is 0 Å². The number of hydrogen-bond donors (Lipinski definition) is 6. The largest absolute Gasteiger partial charge is 0.477 e. The first-order chi connectivity index (χ1) is 38.8. The van der Waals surface area contributed by atoms with Gasteiger partial charge in [-0.1, -0.05) is 38.9 Å². The lowest BCUT2D eigenvalue weighted by molar-refractivity contribution is -0.317. The fourth-order valence-corrected chi connectivity index (χ4v) is 12.6. The van der Waals surface area contributed by atoms with Gasteiger partial charge in [0, 0.05) is 74.7 Å². The molecule has 18 atom stereocenters. The van der Waals surface area contributed by atoms with Crippen molar-refractivity contribution in [1.82, 2.24) is 14.8 Å². The first-order valence-electron chi connectivity index (χ1n) is 29.0. The zero-order chi connectivity index (χ0) is 61.7. The molecule has 3 fully saturated rings. The van der Waals surface area contributed by atoms with Gasteiger partial charge in [0.15, 0.2) is 18.7 Å². The third kappa shape index (κ3) is 15.4. The van der Waals surface area contributed by atoms with Crippen LogP contribution in [-0.2, 0) is 75.8 Å². The number of ether oxygens (including phenoxy) is 10. The molecule has 4 aliphatic heterocycles. The average Bonchev–Trinajstić information content (AvgIpc) is 1.47. The maximum atomic E-state index is 14.7. The number of cyclic esters (lactones) is 1. The number of nitrogens with one attached hydrogen (secondary N) is 1. The second kappa shape index (κ2) is 28.0. The van der Waals surface area contributed by atoms with E-state index in [9.17, 15) is 44.7 Å². The van der Waals surface area contributed by atoms with Gasteiger partial charge in [-0.05, 0) is 113 Å². The van der Waals surface area contributed by atoms with Gasteiger partial charge in [0.05, 0.1) is 66.5 Å². The number of nitrogens with zero attached hydrogens (tertiary/aromatic N) is 3. The Hall–Kier alpha value is -4.41. The Bertz CT molecular complexity index is 2630. The molecule has 2 aromatic rings. The molecule has 24 heteroatoms. The van der Waals surface area contributed by atoms with E-state index >= 15 is 0 Å². The highest BCUT2D eigenvalue weighted by atomic mass is 16.7. The number of carboxylic acids is 1. The Morgan fingerprint density at radius 1 is 0.928 bits per heavy atom. The Morgan fingerprint density at radius 3 is 2.27 bits per heavy atom. The van der Waals surface area contributed by atoms with E-state index in [0.29, 0.717) is 36.8 Å². The standard InChI is InChI=1S/C59H94N4O20/c1-17-42-59(12,72)49(66)33(4)44(61-77-30-73-15)31(2)26-57(10,71)50(82-54-47(65)41(62(13)14)23-32(3)78-54)34(5)48(35(6)53(69)80-42)81-43-27-58(11,74-16)51(36(7)79-43)83-55(70)60-20-22-75-21-18-19-37-24-38-29-76-56(8,9)63-28-40(52(67)68)46(64)39(25-37)45(38)63/h24-25,28,31-36,41-43,47-51,54,65-66,71-72H,17-23,26-27,29-30H2,1-16H3,(H,60,70)(H,67,68)/b61-44+/t31-,32-,33+,34+,35-,36+,41+,42-,43+,47-,48+,49-,50-,51+,54?,57-,58-,59-/m1/s1. The van der Waals surface area contributed by atoms with Crippen molar-refractivity contribution in [2.75, 3.05) is 54.9 Å². The fourth-order valence-electron chi connectivity index (χ4n) is 12.6. The molecule has 1 unspecified atom stereocenters. The third-order valence-corrected chi connectivity index (χ3v) is 17.3. The number of aliphatic hydroxyl groups excluding tert-OH is 2. The number of likely N-dealkylation sites (N-methyl/N-ethyl adjacent to an activating group) is 1. The van der Waals surface area contributed by atoms with Crippen LogP contribution in [0.3, 0.4) is 0 Å². The average molecular weight is 1180 g/mol. The minimum atomic E-state index is -2.02. The van der Waals surface area contributed by atoms with Gasteiger partial charge in [0.2, 0.25) is 12.2 Å². The van der Waals surface area contributed by atoms with Gasteiger partial charge in [-0.3, -0.25) is 9.59 Å². The number of aromatic nitrogens is 1. The normalized spacial score (nSPS) is 36.8. The lowest BCUT2D eigenvalue weighted by Gasteiger charge is -2.49. The molecule has 0 saturated carbocycles. The zero-order valence-electron chi connectivity index (χ0n) is 51.4. The number of amides is 1. The fraction of sp³-hybridized carbons (Fsp3) is 0.780. The minimum Gasteiger partial charge on any atom is -0.477 e. The first kappa shape index (κ1) is 67.7. The predicted molar refractivity (Wildman–Crippen MR) is 302 cm³/mol. The Morgan fingerprint density at radius 2 is 1.63 bits per heavy atom. The number of aryl methyl sites for hydroxylation is 1. The number of oxime groups is 1. The van der Waals surface area contributed by atoms with Crippen LogP contribution in [-0.4, -0.2) is 198 Å².